The van der Waals surface area contributed by atoms with Gasteiger partial charge in [0.05, 0.1) is 30.7 Å². The number of H-pyrrole nitrogens is 1. The number of benzene rings is 2. The molecule has 7 rings (SSSR count). The first kappa shape index (κ1) is 29.4. The average molecular weight is 610 g/mol. The summed E-state index contributed by atoms with van der Waals surface area (Å²) in [4.78, 5) is 28.6. The van der Waals surface area contributed by atoms with Crippen LogP contribution in [0.25, 0.3) is 28.2 Å². The van der Waals surface area contributed by atoms with Crippen LogP contribution in [0.1, 0.15) is 74.7 Å². The van der Waals surface area contributed by atoms with Crippen molar-refractivity contribution in [2.75, 3.05) is 6.61 Å². The Morgan fingerprint density at radius 2 is 1.76 bits per heavy atom. The molecule has 1 atom stereocenters. The van der Waals surface area contributed by atoms with Gasteiger partial charge in [0.15, 0.2) is 5.82 Å². The highest BCUT2D eigenvalue weighted by atomic mass is 16.5. The summed E-state index contributed by atoms with van der Waals surface area (Å²) >= 11 is 0. The van der Waals surface area contributed by atoms with E-state index >= 15 is 0 Å². The first-order chi connectivity index (χ1) is 22.0. The topological polar surface area (TPSA) is 128 Å². The van der Waals surface area contributed by atoms with Crippen LogP contribution in [0.15, 0.2) is 74.9 Å². The minimum Gasteiger partial charge on any atom is -0.390 e. The molecule has 234 valence electrons. The lowest BCUT2D eigenvalue weighted by Gasteiger charge is -2.31. The number of aromatic amines is 1. The zero-order chi connectivity index (χ0) is 30.9. The largest absolute Gasteiger partial charge is 0.439 e. The number of hydrogen-bond acceptors (Lipinski definition) is 7. The van der Waals surface area contributed by atoms with Gasteiger partial charge in [0, 0.05) is 29.7 Å². The van der Waals surface area contributed by atoms with E-state index in [1.165, 1.54) is 0 Å². The van der Waals surface area contributed by atoms with Crippen LogP contribution < -0.4 is 11.3 Å². The number of aliphatic hydroxyl groups excluding tert-OH is 1. The van der Waals surface area contributed by atoms with Crippen LogP contribution in [0.5, 0.6) is 0 Å². The quantitative estimate of drug-likeness (QED) is 0.207. The number of fused-ring (bicyclic) bond motifs is 1. The van der Waals surface area contributed by atoms with Gasteiger partial charge in [-0.3, -0.25) is 18.9 Å². The van der Waals surface area contributed by atoms with Gasteiger partial charge in [-0.1, -0.05) is 67.0 Å². The Morgan fingerprint density at radius 1 is 1.00 bits per heavy atom. The van der Waals surface area contributed by atoms with Crippen molar-refractivity contribution in [2.45, 2.75) is 83.0 Å². The predicted octanol–water partition coefficient (Wildman–Crippen LogP) is 5.32. The molecule has 0 aliphatic heterocycles. The molecule has 0 saturated heterocycles. The van der Waals surface area contributed by atoms with Gasteiger partial charge >= 0.3 is 5.76 Å². The van der Waals surface area contributed by atoms with Crippen molar-refractivity contribution < 1.29 is 14.4 Å². The SMILES string of the molecule is CCCc1c(Cc2ccc(-c3ccccc3-c3noc(=O)[nH]3)cc2)c(=O)n([C@H]2CC[C@H](OCC(O)C3CC3)CC2)c2ccnn12. The van der Waals surface area contributed by atoms with E-state index in [-0.39, 0.29) is 23.8 Å². The van der Waals surface area contributed by atoms with Crippen molar-refractivity contribution in [3.8, 4) is 22.5 Å². The van der Waals surface area contributed by atoms with Gasteiger partial charge in [0.1, 0.15) is 5.65 Å². The molecule has 45 heavy (non-hydrogen) atoms. The van der Waals surface area contributed by atoms with E-state index < -0.39 is 5.76 Å². The molecule has 2 fully saturated rings. The van der Waals surface area contributed by atoms with Gasteiger partial charge in [-0.05, 0) is 67.6 Å². The Balaban J connectivity index is 1.16. The molecule has 2 aliphatic rings. The van der Waals surface area contributed by atoms with Crippen molar-refractivity contribution in [3.63, 3.8) is 0 Å². The van der Waals surface area contributed by atoms with Crippen LogP contribution in [-0.4, -0.2) is 48.2 Å². The van der Waals surface area contributed by atoms with Gasteiger partial charge in [-0.2, -0.15) is 5.10 Å². The zero-order valence-corrected chi connectivity index (χ0v) is 25.5. The van der Waals surface area contributed by atoms with E-state index in [1.54, 1.807) is 6.20 Å². The van der Waals surface area contributed by atoms with Gasteiger partial charge in [-0.15, -0.1) is 0 Å². The highest BCUT2D eigenvalue weighted by Gasteiger charge is 2.32. The molecule has 5 aromatic rings. The van der Waals surface area contributed by atoms with Crippen LogP contribution in [-0.2, 0) is 17.6 Å². The molecule has 1 unspecified atom stereocenters. The fourth-order valence-corrected chi connectivity index (χ4v) is 6.83. The standard InChI is InChI=1S/C35H39N5O5/c1-2-5-30-29(20-22-8-10-23(11-9-22)27-6-3-4-7-28(27)33-37-35(43)45-38-33)34(42)39(32-18-19-36-40(30)32)25-14-16-26(17-15-25)44-21-31(41)24-12-13-24/h3-4,6-11,18-19,24-26,31,41H,2,5,12-17,20-21H2,1H3,(H,37,38,43)/t25-,26-,31?. The minimum atomic E-state index is -0.595. The molecule has 10 heteroatoms. The highest BCUT2D eigenvalue weighted by Crippen LogP contribution is 2.35. The summed E-state index contributed by atoms with van der Waals surface area (Å²) in [5.74, 6) is 0.199. The fraction of sp³-hybridized carbons (Fsp3) is 0.429. The maximum Gasteiger partial charge on any atom is 0.439 e. The van der Waals surface area contributed by atoms with Crippen LogP contribution in [0.2, 0.25) is 0 Å². The minimum absolute atomic E-state index is 0.0596. The third-order valence-corrected chi connectivity index (χ3v) is 9.38. The molecule has 2 saturated carbocycles. The predicted molar refractivity (Wildman–Crippen MR) is 170 cm³/mol. The molecule has 0 amide bonds. The summed E-state index contributed by atoms with van der Waals surface area (Å²) in [6, 6.07) is 17.9. The molecular weight excluding hydrogens is 570 g/mol. The molecule has 3 aromatic heterocycles. The summed E-state index contributed by atoms with van der Waals surface area (Å²) in [7, 11) is 0. The zero-order valence-electron chi connectivity index (χ0n) is 25.5. The number of nitrogens with zero attached hydrogens (tertiary/aromatic N) is 4. The number of ether oxygens (including phenoxy) is 1. The lowest BCUT2D eigenvalue weighted by Crippen LogP contribution is -2.35. The Morgan fingerprint density at radius 3 is 2.44 bits per heavy atom. The monoisotopic (exact) mass is 609 g/mol. The summed E-state index contributed by atoms with van der Waals surface area (Å²) in [5.41, 5.74) is 6.35. The summed E-state index contributed by atoms with van der Waals surface area (Å²) in [6.45, 7) is 2.53. The average Bonchev–Trinajstić information content (AvgIpc) is 3.66. The van der Waals surface area contributed by atoms with Crippen molar-refractivity contribution in [3.05, 3.63) is 98.5 Å². The van der Waals surface area contributed by atoms with E-state index in [4.69, 9.17) is 9.26 Å². The molecule has 3 heterocycles. The number of hydrogen-bond donors (Lipinski definition) is 2. The van der Waals surface area contributed by atoms with Crippen molar-refractivity contribution in [2.24, 2.45) is 5.92 Å². The Labute approximate surface area is 260 Å². The van der Waals surface area contributed by atoms with E-state index in [0.29, 0.717) is 24.8 Å². The van der Waals surface area contributed by atoms with E-state index in [0.717, 1.165) is 90.5 Å². The van der Waals surface area contributed by atoms with Crippen LogP contribution >= 0.6 is 0 Å². The molecule has 2 N–H and O–H groups in total. The Kier molecular flexibility index (Phi) is 8.25. The Hall–Kier alpha value is -4.28. The molecule has 0 bridgehead atoms. The maximum absolute atomic E-state index is 14.4. The molecule has 0 radical (unpaired) electrons. The van der Waals surface area contributed by atoms with Crippen molar-refractivity contribution >= 4 is 5.65 Å². The summed E-state index contributed by atoms with van der Waals surface area (Å²) < 4.78 is 14.8. The lowest BCUT2D eigenvalue weighted by molar-refractivity contribution is -0.0347. The first-order valence-electron chi connectivity index (χ1n) is 16.1. The summed E-state index contributed by atoms with van der Waals surface area (Å²) in [6.07, 6.45) is 9.35. The number of nitrogens with one attached hydrogen (secondary N) is 1. The van der Waals surface area contributed by atoms with Crippen LogP contribution in [0, 0.1) is 5.92 Å². The van der Waals surface area contributed by atoms with Crippen molar-refractivity contribution in [1.29, 1.82) is 0 Å². The number of rotatable bonds is 11. The molecular formula is C35H39N5O5. The fourth-order valence-electron chi connectivity index (χ4n) is 6.83. The highest BCUT2D eigenvalue weighted by molar-refractivity contribution is 5.80. The second kappa shape index (κ2) is 12.6. The number of aromatic nitrogens is 5. The molecule has 10 nitrogen and oxygen atoms in total. The first-order valence-corrected chi connectivity index (χ1v) is 16.1. The van der Waals surface area contributed by atoms with Gasteiger partial charge in [0.2, 0.25) is 0 Å². The van der Waals surface area contributed by atoms with E-state index in [1.807, 2.05) is 51.5 Å². The summed E-state index contributed by atoms with van der Waals surface area (Å²) in [5, 5.41) is 18.8. The molecule has 0 spiro atoms. The van der Waals surface area contributed by atoms with Crippen LogP contribution in [0.4, 0.5) is 0 Å². The lowest BCUT2D eigenvalue weighted by atomic mass is 9.92. The third-order valence-electron chi connectivity index (χ3n) is 9.38. The normalized spacial score (nSPS) is 19.2. The van der Waals surface area contributed by atoms with Gasteiger partial charge in [-0.25, -0.2) is 9.31 Å². The molecule has 2 aromatic carbocycles. The van der Waals surface area contributed by atoms with Gasteiger partial charge < -0.3 is 9.84 Å². The maximum atomic E-state index is 14.4. The number of aryl methyl sites for hydroxylation is 1. The third kappa shape index (κ3) is 6.04. The van der Waals surface area contributed by atoms with Gasteiger partial charge in [0.25, 0.3) is 5.56 Å². The van der Waals surface area contributed by atoms with E-state index in [2.05, 4.69) is 34.3 Å². The van der Waals surface area contributed by atoms with E-state index in [9.17, 15) is 14.7 Å². The number of aliphatic hydroxyl groups is 1. The molecule has 2 aliphatic carbocycles. The second-order valence-electron chi connectivity index (χ2n) is 12.5. The smallest absolute Gasteiger partial charge is 0.390 e. The Bertz CT molecular complexity index is 1890. The van der Waals surface area contributed by atoms with Crippen LogP contribution in [0.3, 0.4) is 0 Å². The second-order valence-corrected chi connectivity index (χ2v) is 12.5. The van der Waals surface area contributed by atoms with Crippen molar-refractivity contribution in [1.82, 2.24) is 24.3 Å².